The summed E-state index contributed by atoms with van der Waals surface area (Å²) in [5.41, 5.74) is 3.23. The predicted octanol–water partition coefficient (Wildman–Crippen LogP) is 2.90. The van der Waals surface area contributed by atoms with Crippen LogP contribution < -0.4 is 5.32 Å². The van der Waals surface area contributed by atoms with Crippen LogP contribution in [0.15, 0.2) is 18.2 Å². The van der Waals surface area contributed by atoms with Gasteiger partial charge in [0.05, 0.1) is 0 Å². The van der Waals surface area contributed by atoms with Gasteiger partial charge in [0.1, 0.15) is 5.82 Å². The largest absolute Gasteiger partial charge is 0.358 e. The van der Waals surface area contributed by atoms with Crippen LogP contribution in [0.4, 0.5) is 4.39 Å². The quantitative estimate of drug-likeness (QED) is 0.777. The van der Waals surface area contributed by atoms with Crippen molar-refractivity contribution in [3.8, 4) is 0 Å². The molecule has 0 aliphatic rings. The van der Waals surface area contributed by atoms with Gasteiger partial charge in [-0.25, -0.2) is 4.39 Å². The minimum atomic E-state index is -0.189. The summed E-state index contributed by atoms with van der Waals surface area (Å²) < 4.78 is 13.2. The van der Waals surface area contributed by atoms with Crippen LogP contribution in [0.3, 0.4) is 0 Å². The topological polar surface area (TPSA) is 27.8 Å². The average Bonchev–Trinajstić information content (AvgIpc) is 2.52. The van der Waals surface area contributed by atoms with E-state index in [1.807, 2.05) is 14.0 Å². The minimum Gasteiger partial charge on any atom is -0.358 e. The molecule has 1 aromatic carbocycles. The molecule has 0 fully saturated rings. The van der Waals surface area contributed by atoms with Crippen LogP contribution in [0.5, 0.6) is 0 Å². The number of hydrogen-bond donors (Lipinski definition) is 2. The van der Waals surface area contributed by atoms with Crippen molar-refractivity contribution in [1.29, 1.82) is 0 Å². The van der Waals surface area contributed by atoms with Gasteiger partial charge in [-0.1, -0.05) is 0 Å². The van der Waals surface area contributed by atoms with Crippen molar-refractivity contribution in [3.05, 3.63) is 35.3 Å². The Labute approximate surface area is 88.5 Å². The molecule has 1 unspecified atom stereocenters. The number of aromatic amines is 1. The van der Waals surface area contributed by atoms with Crippen LogP contribution in [0.1, 0.15) is 24.2 Å². The zero-order valence-corrected chi connectivity index (χ0v) is 9.19. The number of nitrogens with one attached hydrogen (secondary N) is 2. The Morgan fingerprint density at radius 3 is 2.80 bits per heavy atom. The molecule has 15 heavy (non-hydrogen) atoms. The van der Waals surface area contributed by atoms with E-state index in [1.54, 1.807) is 12.1 Å². The lowest BCUT2D eigenvalue weighted by Gasteiger charge is -2.10. The summed E-state index contributed by atoms with van der Waals surface area (Å²) in [6.45, 7) is 4.08. The smallest absolute Gasteiger partial charge is 0.123 e. The number of aromatic nitrogens is 1. The highest BCUT2D eigenvalue weighted by atomic mass is 19.1. The molecule has 3 heteroatoms. The summed E-state index contributed by atoms with van der Waals surface area (Å²) in [7, 11) is 1.90. The molecule has 0 amide bonds. The monoisotopic (exact) mass is 206 g/mol. The van der Waals surface area contributed by atoms with Crippen LogP contribution in [-0.4, -0.2) is 12.0 Å². The fourth-order valence-corrected chi connectivity index (χ4v) is 2.02. The molecule has 2 aromatic rings. The Hall–Kier alpha value is -1.35. The Morgan fingerprint density at radius 2 is 2.13 bits per heavy atom. The number of fused-ring (bicyclic) bond motifs is 1. The third-order valence-electron chi connectivity index (χ3n) is 2.86. The number of halogens is 1. The Kier molecular flexibility index (Phi) is 2.49. The first-order valence-electron chi connectivity index (χ1n) is 5.08. The number of H-pyrrole nitrogens is 1. The molecule has 0 spiro atoms. The van der Waals surface area contributed by atoms with E-state index >= 15 is 0 Å². The van der Waals surface area contributed by atoms with Crippen LogP contribution in [0, 0.1) is 12.7 Å². The summed E-state index contributed by atoms with van der Waals surface area (Å²) in [5, 5.41) is 4.14. The average molecular weight is 206 g/mol. The van der Waals surface area contributed by atoms with Gasteiger partial charge in [-0.3, -0.25) is 0 Å². The van der Waals surface area contributed by atoms with Crippen LogP contribution in [-0.2, 0) is 0 Å². The summed E-state index contributed by atoms with van der Waals surface area (Å²) in [4.78, 5) is 3.26. The second-order valence-electron chi connectivity index (χ2n) is 3.86. The lowest BCUT2D eigenvalue weighted by atomic mass is 10.0. The van der Waals surface area contributed by atoms with E-state index in [0.717, 1.165) is 22.2 Å². The van der Waals surface area contributed by atoms with E-state index in [1.165, 1.54) is 6.07 Å². The number of hydrogen-bond acceptors (Lipinski definition) is 1. The molecule has 0 aliphatic carbocycles. The highest BCUT2D eigenvalue weighted by molar-refractivity contribution is 5.85. The van der Waals surface area contributed by atoms with Crippen molar-refractivity contribution in [2.24, 2.45) is 0 Å². The van der Waals surface area contributed by atoms with Crippen LogP contribution in [0.25, 0.3) is 10.9 Å². The van der Waals surface area contributed by atoms with Crippen molar-refractivity contribution in [1.82, 2.24) is 10.3 Å². The number of benzene rings is 1. The van der Waals surface area contributed by atoms with Gasteiger partial charge in [-0.05, 0) is 44.7 Å². The van der Waals surface area contributed by atoms with Crippen LogP contribution in [0.2, 0.25) is 0 Å². The van der Waals surface area contributed by atoms with Gasteiger partial charge >= 0.3 is 0 Å². The molecule has 0 radical (unpaired) electrons. The first-order valence-corrected chi connectivity index (χ1v) is 5.08. The highest BCUT2D eigenvalue weighted by Crippen LogP contribution is 2.27. The van der Waals surface area contributed by atoms with Gasteiger partial charge in [0, 0.05) is 22.6 Å². The first-order chi connectivity index (χ1) is 7.13. The summed E-state index contributed by atoms with van der Waals surface area (Å²) >= 11 is 0. The van der Waals surface area contributed by atoms with Crippen molar-refractivity contribution in [2.45, 2.75) is 19.9 Å². The van der Waals surface area contributed by atoms with Gasteiger partial charge in [-0.15, -0.1) is 0 Å². The SMILES string of the molecule is CNC(C)c1c(C)[nH]c2ccc(F)cc12. The van der Waals surface area contributed by atoms with Gasteiger partial charge in [0.2, 0.25) is 0 Å². The molecule has 0 aliphatic heterocycles. The first kappa shape index (κ1) is 10.2. The van der Waals surface area contributed by atoms with Gasteiger partial charge < -0.3 is 10.3 Å². The molecule has 1 heterocycles. The zero-order valence-electron chi connectivity index (χ0n) is 9.19. The molecule has 2 N–H and O–H groups in total. The van der Waals surface area contributed by atoms with Crippen LogP contribution >= 0.6 is 0 Å². The fraction of sp³-hybridized carbons (Fsp3) is 0.333. The molecule has 0 bridgehead atoms. The second kappa shape index (κ2) is 3.66. The van der Waals surface area contributed by atoms with Crippen molar-refractivity contribution in [3.63, 3.8) is 0 Å². The second-order valence-corrected chi connectivity index (χ2v) is 3.86. The predicted molar refractivity (Wildman–Crippen MR) is 60.5 cm³/mol. The van der Waals surface area contributed by atoms with Gasteiger partial charge in [0.25, 0.3) is 0 Å². The molecule has 1 atom stereocenters. The molecule has 2 rings (SSSR count). The molecular weight excluding hydrogens is 191 g/mol. The molecule has 1 aromatic heterocycles. The number of aryl methyl sites for hydroxylation is 1. The van der Waals surface area contributed by atoms with Crippen molar-refractivity contribution >= 4 is 10.9 Å². The standard InChI is InChI=1S/C12H15FN2/c1-7(14-3)12-8(2)15-11-5-4-9(13)6-10(11)12/h4-7,14-15H,1-3H3. The summed E-state index contributed by atoms with van der Waals surface area (Å²) in [5.74, 6) is -0.189. The van der Waals surface area contributed by atoms with Gasteiger partial charge in [-0.2, -0.15) is 0 Å². The van der Waals surface area contributed by atoms with Gasteiger partial charge in [0.15, 0.2) is 0 Å². The maximum Gasteiger partial charge on any atom is 0.123 e. The van der Waals surface area contributed by atoms with Crippen molar-refractivity contribution < 1.29 is 4.39 Å². The maximum absolute atomic E-state index is 13.2. The Bertz CT molecular complexity index is 488. The molecule has 0 saturated carbocycles. The normalized spacial score (nSPS) is 13.3. The summed E-state index contributed by atoms with van der Waals surface area (Å²) in [6.07, 6.45) is 0. The molecule has 80 valence electrons. The van der Waals surface area contributed by atoms with E-state index in [4.69, 9.17) is 0 Å². The van der Waals surface area contributed by atoms with Crippen molar-refractivity contribution in [2.75, 3.05) is 7.05 Å². The molecular formula is C12H15FN2. The van der Waals surface area contributed by atoms with E-state index < -0.39 is 0 Å². The van der Waals surface area contributed by atoms with E-state index in [-0.39, 0.29) is 11.9 Å². The Morgan fingerprint density at radius 1 is 1.40 bits per heavy atom. The number of rotatable bonds is 2. The lowest BCUT2D eigenvalue weighted by molar-refractivity contribution is 0.628. The fourth-order valence-electron chi connectivity index (χ4n) is 2.02. The zero-order chi connectivity index (χ0) is 11.0. The molecule has 2 nitrogen and oxygen atoms in total. The summed E-state index contributed by atoms with van der Waals surface area (Å²) in [6, 6.07) is 5.07. The highest BCUT2D eigenvalue weighted by Gasteiger charge is 2.13. The third-order valence-corrected chi connectivity index (χ3v) is 2.86. The van der Waals surface area contributed by atoms with E-state index in [2.05, 4.69) is 17.2 Å². The third kappa shape index (κ3) is 1.63. The maximum atomic E-state index is 13.2. The Balaban J connectivity index is 2.70. The molecule has 0 saturated heterocycles. The lowest BCUT2D eigenvalue weighted by Crippen LogP contribution is -2.12. The van der Waals surface area contributed by atoms with E-state index in [0.29, 0.717) is 0 Å². The van der Waals surface area contributed by atoms with E-state index in [9.17, 15) is 4.39 Å². The minimum absolute atomic E-state index is 0.189.